The van der Waals surface area contributed by atoms with E-state index in [1.54, 1.807) is 30.3 Å². The smallest absolute Gasteiger partial charge is 0.335 e. The molecular formula is C16H12O4. The van der Waals surface area contributed by atoms with E-state index in [4.69, 9.17) is 10.2 Å². The van der Waals surface area contributed by atoms with Crippen molar-refractivity contribution in [3.05, 3.63) is 60.7 Å². The third kappa shape index (κ3) is 2.31. The Morgan fingerprint density at radius 1 is 0.900 bits per heavy atom. The Kier molecular flexibility index (Phi) is 3.39. The summed E-state index contributed by atoms with van der Waals surface area (Å²) < 4.78 is 0. The molecule has 20 heavy (non-hydrogen) atoms. The molecule has 0 aliphatic heterocycles. The highest BCUT2D eigenvalue weighted by Gasteiger charge is 2.15. The van der Waals surface area contributed by atoms with Gasteiger partial charge in [-0.15, -0.1) is 0 Å². The fourth-order valence-electron chi connectivity index (χ4n) is 1.97. The molecule has 0 spiro atoms. The minimum absolute atomic E-state index is 0.0822. The highest BCUT2D eigenvalue weighted by atomic mass is 16.4. The van der Waals surface area contributed by atoms with Crippen LogP contribution in [0.4, 0.5) is 0 Å². The third-order valence-corrected chi connectivity index (χ3v) is 3.05. The Morgan fingerprint density at radius 2 is 1.50 bits per heavy atom. The number of benzene rings is 2. The lowest BCUT2D eigenvalue weighted by atomic mass is 9.94. The number of rotatable bonds is 4. The van der Waals surface area contributed by atoms with Crippen molar-refractivity contribution in [3.8, 4) is 0 Å². The van der Waals surface area contributed by atoms with E-state index in [0.29, 0.717) is 16.5 Å². The summed E-state index contributed by atoms with van der Waals surface area (Å²) in [6.07, 6.45) is 0. The summed E-state index contributed by atoms with van der Waals surface area (Å²) in [5, 5.41) is 19.6. The lowest BCUT2D eigenvalue weighted by molar-refractivity contribution is -0.131. The SMILES string of the molecule is C=C(C(=O)O)c1cc(C(=C)C(=O)O)c2ccccc2c1. The van der Waals surface area contributed by atoms with Crippen LogP contribution in [0, 0.1) is 0 Å². The van der Waals surface area contributed by atoms with Crippen LogP contribution in [-0.2, 0) is 9.59 Å². The van der Waals surface area contributed by atoms with Crippen molar-refractivity contribution in [2.45, 2.75) is 0 Å². The normalized spacial score (nSPS) is 10.2. The maximum Gasteiger partial charge on any atom is 0.335 e. The van der Waals surface area contributed by atoms with Gasteiger partial charge in [0.15, 0.2) is 0 Å². The molecule has 4 nitrogen and oxygen atoms in total. The van der Waals surface area contributed by atoms with Gasteiger partial charge in [-0.05, 0) is 34.0 Å². The fourth-order valence-corrected chi connectivity index (χ4v) is 1.97. The summed E-state index contributed by atoms with van der Waals surface area (Å²) in [6.45, 7) is 7.04. The van der Waals surface area contributed by atoms with E-state index in [2.05, 4.69) is 13.2 Å². The Hall–Kier alpha value is -2.88. The zero-order valence-corrected chi connectivity index (χ0v) is 10.6. The summed E-state index contributed by atoms with van der Waals surface area (Å²) in [5.74, 6) is -2.29. The molecule has 0 unspecified atom stereocenters. The number of carbonyl (C=O) groups is 2. The summed E-state index contributed by atoms with van der Waals surface area (Å²) in [4.78, 5) is 22.1. The topological polar surface area (TPSA) is 74.6 Å². The van der Waals surface area contributed by atoms with Crippen LogP contribution in [0.3, 0.4) is 0 Å². The second-order valence-electron chi connectivity index (χ2n) is 4.31. The Morgan fingerprint density at radius 3 is 2.10 bits per heavy atom. The van der Waals surface area contributed by atoms with Gasteiger partial charge in [0.25, 0.3) is 0 Å². The average Bonchev–Trinajstić information content (AvgIpc) is 2.44. The van der Waals surface area contributed by atoms with Gasteiger partial charge in [0.2, 0.25) is 0 Å². The first kappa shape index (κ1) is 13.5. The van der Waals surface area contributed by atoms with Crippen LogP contribution < -0.4 is 0 Å². The first-order valence-electron chi connectivity index (χ1n) is 5.79. The number of hydrogen-bond acceptors (Lipinski definition) is 2. The van der Waals surface area contributed by atoms with Gasteiger partial charge in [-0.1, -0.05) is 37.4 Å². The molecule has 0 saturated heterocycles. The van der Waals surface area contributed by atoms with E-state index in [1.807, 2.05) is 0 Å². The van der Waals surface area contributed by atoms with Gasteiger partial charge in [-0.25, -0.2) is 9.59 Å². The molecule has 2 N–H and O–H groups in total. The summed E-state index contributed by atoms with van der Waals surface area (Å²) in [5.41, 5.74) is 0.595. The quantitative estimate of drug-likeness (QED) is 0.836. The molecule has 100 valence electrons. The monoisotopic (exact) mass is 268 g/mol. The van der Waals surface area contributed by atoms with Crippen molar-refractivity contribution in [1.29, 1.82) is 0 Å². The lowest BCUT2D eigenvalue weighted by Crippen LogP contribution is -2.02. The van der Waals surface area contributed by atoms with E-state index < -0.39 is 11.9 Å². The molecule has 0 saturated carbocycles. The van der Waals surface area contributed by atoms with Crippen LogP contribution in [0.2, 0.25) is 0 Å². The van der Waals surface area contributed by atoms with Crippen molar-refractivity contribution in [2.24, 2.45) is 0 Å². The Bertz CT molecular complexity index is 756. The average molecular weight is 268 g/mol. The molecule has 2 aromatic carbocycles. The minimum Gasteiger partial charge on any atom is -0.478 e. The second kappa shape index (κ2) is 5.01. The Labute approximate surface area is 115 Å². The summed E-state index contributed by atoms with van der Waals surface area (Å²) in [6, 6.07) is 10.3. The van der Waals surface area contributed by atoms with E-state index in [-0.39, 0.29) is 11.1 Å². The highest BCUT2D eigenvalue weighted by molar-refractivity contribution is 6.20. The molecule has 0 aromatic heterocycles. The van der Waals surface area contributed by atoms with Crippen LogP contribution >= 0.6 is 0 Å². The Balaban J connectivity index is 2.77. The lowest BCUT2D eigenvalue weighted by Gasteiger charge is -2.10. The number of carboxylic acids is 2. The molecular weight excluding hydrogens is 256 g/mol. The molecule has 0 radical (unpaired) electrons. The van der Waals surface area contributed by atoms with Crippen LogP contribution in [-0.4, -0.2) is 22.2 Å². The molecule has 4 heteroatoms. The highest BCUT2D eigenvalue weighted by Crippen LogP contribution is 2.29. The van der Waals surface area contributed by atoms with Gasteiger partial charge in [0.1, 0.15) is 0 Å². The van der Waals surface area contributed by atoms with E-state index in [1.165, 1.54) is 6.07 Å². The molecule has 0 bridgehead atoms. The minimum atomic E-state index is -1.15. The molecule has 0 aliphatic carbocycles. The van der Waals surface area contributed by atoms with Gasteiger partial charge in [-0.3, -0.25) is 0 Å². The molecule has 0 heterocycles. The van der Waals surface area contributed by atoms with Crippen molar-refractivity contribution in [3.63, 3.8) is 0 Å². The molecule has 0 aliphatic rings. The van der Waals surface area contributed by atoms with Gasteiger partial charge in [0.05, 0.1) is 11.1 Å². The summed E-state index contributed by atoms with van der Waals surface area (Å²) >= 11 is 0. The van der Waals surface area contributed by atoms with Crippen LogP contribution in [0.1, 0.15) is 11.1 Å². The van der Waals surface area contributed by atoms with E-state index >= 15 is 0 Å². The van der Waals surface area contributed by atoms with Gasteiger partial charge in [0, 0.05) is 0 Å². The van der Waals surface area contributed by atoms with E-state index in [9.17, 15) is 9.59 Å². The summed E-state index contributed by atoms with van der Waals surface area (Å²) in [7, 11) is 0. The van der Waals surface area contributed by atoms with Crippen molar-refractivity contribution in [1.82, 2.24) is 0 Å². The first-order chi connectivity index (χ1) is 9.41. The number of carboxylic acid groups (broad SMARTS) is 2. The largest absolute Gasteiger partial charge is 0.478 e. The third-order valence-electron chi connectivity index (χ3n) is 3.05. The van der Waals surface area contributed by atoms with Crippen LogP contribution in [0.15, 0.2) is 49.6 Å². The maximum absolute atomic E-state index is 11.1. The molecule has 2 aromatic rings. The number of aliphatic carboxylic acids is 2. The number of fused-ring (bicyclic) bond motifs is 1. The van der Waals surface area contributed by atoms with Gasteiger partial charge >= 0.3 is 11.9 Å². The standard InChI is InChI=1S/C16H12O4/c1-9(15(17)18)12-7-11-5-3-4-6-13(11)14(8-12)10(2)16(19)20/h3-8H,1-2H2,(H,17,18)(H,19,20). The van der Waals surface area contributed by atoms with Gasteiger partial charge in [-0.2, -0.15) is 0 Å². The van der Waals surface area contributed by atoms with Crippen LogP contribution in [0.5, 0.6) is 0 Å². The molecule has 0 atom stereocenters. The predicted molar refractivity (Wildman–Crippen MR) is 77.3 cm³/mol. The first-order valence-corrected chi connectivity index (χ1v) is 5.79. The van der Waals surface area contributed by atoms with Crippen molar-refractivity contribution < 1.29 is 19.8 Å². The molecule has 0 fully saturated rings. The fraction of sp³-hybridized carbons (Fsp3) is 0. The van der Waals surface area contributed by atoms with Crippen molar-refractivity contribution >= 4 is 33.9 Å². The molecule has 2 rings (SSSR count). The van der Waals surface area contributed by atoms with Crippen LogP contribution in [0.25, 0.3) is 21.9 Å². The molecule has 0 amide bonds. The zero-order chi connectivity index (χ0) is 14.9. The maximum atomic E-state index is 11.1. The number of hydrogen-bond donors (Lipinski definition) is 2. The van der Waals surface area contributed by atoms with Gasteiger partial charge < -0.3 is 10.2 Å². The second-order valence-corrected chi connectivity index (χ2v) is 4.31. The predicted octanol–water partition coefficient (Wildman–Crippen LogP) is 3.04. The van der Waals surface area contributed by atoms with E-state index in [0.717, 1.165) is 5.39 Å². The zero-order valence-electron chi connectivity index (χ0n) is 10.6. The van der Waals surface area contributed by atoms with Crippen molar-refractivity contribution in [2.75, 3.05) is 0 Å².